The molecule has 1 aliphatic heterocycles. The molecule has 1 atom stereocenters. The summed E-state index contributed by atoms with van der Waals surface area (Å²) in [5.74, 6) is 0.0849. The van der Waals surface area contributed by atoms with Gasteiger partial charge in [-0.05, 0) is 13.0 Å². The molecule has 0 aromatic heterocycles. The third kappa shape index (κ3) is 5.01. The molecule has 0 spiro atoms. The molecule has 1 unspecified atom stereocenters. The van der Waals surface area contributed by atoms with Crippen LogP contribution in [0.15, 0.2) is 0 Å². The van der Waals surface area contributed by atoms with Gasteiger partial charge in [0.15, 0.2) is 9.84 Å². The zero-order valence-corrected chi connectivity index (χ0v) is 11.0. The first-order chi connectivity index (χ1) is 7.94. The molecule has 100 valence electrons. The first-order valence-electron chi connectivity index (χ1n) is 5.90. The van der Waals surface area contributed by atoms with Gasteiger partial charge in [-0.15, -0.1) is 0 Å². The van der Waals surface area contributed by atoms with Gasteiger partial charge < -0.3 is 16.0 Å². The number of sulfone groups is 1. The Balaban J connectivity index is 2.33. The quantitative estimate of drug-likeness (QED) is 0.613. The minimum absolute atomic E-state index is 0.218. The summed E-state index contributed by atoms with van der Waals surface area (Å²) >= 11 is 0. The summed E-state index contributed by atoms with van der Waals surface area (Å²) in [7, 11) is -2.83. The second-order valence-corrected chi connectivity index (χ2v) is 6.60. The lowest BCUT2D eigenvalue weighted by atomic mass is 10.2. The minimum atomic E-state index is -2.83. The molecule has 7 heteroatoms. The lowest BCUT2D eigenvalue weighted by molar-refractivity contribution is -0.120. The van der Waals surface area contributed by atoms with E-state index in [1.807, 2.05) is 6.92 Å². The van der Waals surface area contributed by atoms with Crippen molar-refractivity contribution < 1.29 is 13.2 Å². The third-order valence-electron chi connectivity index (χ3n) is 2.97. The van der Waals surface area contributed by atoms with Crippen LogP contribution >= 0.6 is 0 Å². The molecule has 1 saturated heterocycles. The Hall–Kier alpha value is -0.660. The van der Waals surface area contributed by atoms with Crippen LogP contribution in [0.3, 0.4) is 0 Å². The summed E-state index contributed by atoms with van der Waals surface area (Å²) in [4.78, 5) is 13.2. The largest absolute Gasteiger partial charge is 0.368 e. The Morgan fingerprint density at radius 3 is 2.47 bits per heavy atom. The second kappa shape index (κ2) is 6.32. The molecule has 0 radical (unpaired) electrons. The van der Waals surface area contributed by atoms with Gasteiger partial charge in [-0.2, -0.15) is 0 Å². The maximum absolute atomic E-state index is 11.2. The van der Waals surface area contributed by atoms with Crippen molar-refractivity contribution in [2.24, 2.45) is 5.73 Å². The Morgan fingerprint density at radius 2 is 2.00 bits per heavy atom. The van der Waals surface area contributed by atoms with Crippen molar-refractivity contribution in [3.8, 4) is 0 Å². The first-order valence-corrected chi connectivity index (χ1v) is 7.72. The van der Waals surface area contributed by atoms with Gasteiger partial charge in [0.1, 0.15) is 0 Å². The third-order valence-corrected chi connectivity index (χ3v) is 4.57. The Bertz CT molecular complexity index is 342. The van der Waals surface area contributed by atoms with Crippen LogP contribution in [-0.4, -0.2) is 63.0 Å². The average molecular weight is 263 g/mol. The average Bonchev–Trinajstić information content (AvgIpc) is 2.25. The highest BCUT2D eigenvalue weighted by Gasteiger charge is 2.22. The van der Waals surface area contributed by atoms with Crippen molar-refractivity contribution in [2.45, 2.75) is 19.4 Å². The van der Waals surface area contributed by atoms with Crippen molar-refractivity contribution in [1.29, 1.82) is 0 Å². The van der Waals surface area contributed by atoms with E-state index in [1.54, 1.807) is 0 Å². The fourth-order valence-electron chi connectivity index (χ4n) is 1.88. The van der Waals surface area contributed by atoms with E-state index in [1.165, 1.54) is 0 Å². The summed E-state index contributed by atoms with van der Waals surface area (Å²) in [6.07, 6.45) is 0.628. The lowest BCUT2D eigenvalue weighted by Crippen LogP contribution is -2.46. The van der Waals surface area contributed by atoms with Crippen LogP contribution in [0.2, 0.25) is 0 Å². The summed E-state index contributed by atoms with van der Waals surface area (Å²) in [5, 5.41) is 3.02. The van der Waals surface area contributed by atoms with Gasteiger partial charge in [-0.25, -0.2) is 8.42 Å². The smallest absolute Gasteiger partial charge is 0.234 e. The number of nitrogens with two attached hydrogens (primary N) is 1. The molecule has 0 aromatic carbocycles. The summed E-state index contributed by atoms with van der Waals surface area (Å²) in [6, 6.07) is -0.321. The van der Waals surface area contributed by atoms with E-state index >= 15 is 0 Å². The van der Waals surface area contributed by atoms with Crippen LogP contribution in [0.5, 0.6) is 0 Å². The molecular weight excluding hydrogens is 242 g/mol. The van der Waals surface area contributed by atoms with E-state index in [9.17, 15) is 13.2 Å². The first kappa shape index (κ1) is 14.4. The molecule has 6 nitrogen and oxygen atoms in total. The highest BCUT2D eigenvalue weighted by molar-refractivity contribution is 7.91. The van der Waals surface area contributed by atoms with Crippen LogP contribution in [0.25, 0.3) is 0 Å². The van der Waals surface area contributed by atoms with Crippen LogP contribution in [0, 0.1) is 0 Å². The van der Waals surface area contributed by atoms with Gasteiger partial charge in [0.2, 0.25) is 5.91 Å². The van der Waals surface area contributed by atoms with E-state index in [4.69, 9.17) is 5.73 Å². The summed E-state index contributed by atoms with van der Waals surface area (Å²) in [5.41, 5.74) is 5.27. The van der Waals surface area contributed by atoms with Gasteiger partial charge in [-0.3, -0.25) is 4.79 Å². The number of rotatable bonds is 6. The van der Waals surface area contributed by atoms with E-state index in [0.717, 1.165) is 0 Å². The predicted octanol–water partition coefficient (Wildman–Crippen LogP) is -1.43. The van der Waals surface area contributed by atoms with Gasteiger partial charge >= 0.3 is 0 Å². The number of carbonyl (C=O) groups excluding carboxylic acids is 1. The van der Waals surface area contributed by atoms with Crippen molar-refractivity contribution in [2.75, 3.05) is 37.7 Å². The summed E-state index contributed by atoms with van der Waals surface area (Å²) < 4.78 is 22.5. The molecule has 0 bridgehead atoms. The van der Waals surface area contributed by atoms with Crippen molar-refractivity contribution >= 4 is 15.7 Å². The molecule has 0 aliphatic carbocycles. The number of likely N-dealkylation sites (N-methyl/N-ethyl adjacent to an activating group) is 1. The Labute approximate surface area is 102 Å². The van der Waals surface area contributed by atoms with Crippen molar-refractivity contribution in [3.63, 3.8) is 0 Å². The fourth-order valence-corrected chi connectivity index (χ4v) is 3.15. The maximum atomic E-state index is 11.2. The zero-order valence-electron chi connectivity index (χ0n) is 10.2. The molecule has 1 heterocycles. The number of primary amides is 1. The van der Waals surface area contributed by atoms with Crippen molar-refractivity contribution in [3.05, 3.63) is 0 Å². The van der Waals surface area contributed by atoms with E-state index < -0.39 is 9.84 Å². The molecule has 0 aromatic rings. The predicted molar refractivity (Wildman–Crippen MR) is 66.4 cm³/mol. The van der Waals surface area contributed by atoms with Crippen LogP contribution < -0.4 is 11.1 Å². The van der Waals surface area contributed by atoms with E-state index in [2.05, 4.69) is 10.2 Å². The van der Waals surface area contributed by atoms with Crippen molar-refractivity contribution in [1.82, 2.24) is 10.2 Å². The monoisotopic (exact) mass is 263 g/mol. The number of nitrogens with zero attached hydrogens (tertiary/aromatic N) is 1. The van der Waals surface area contributed by atoms with E-state index in [0.29, 0.717) is 32.6 Å². The van der Waals surface area contributed by atoms with Gasteiger partial charge in [0, 0.05) is 19.6 Å². The van der Waals surface area contributed by atoms with Gasteiger partial charge in [-0.1, -0.05) is 6.92 Å². The fraction of sp³-hybridized carbons (Fsp3) is 0.900. The van der Waals surface area contributed by atoms with Crippen LogP contribution in [0.4, 0.5) is 0 Å². The molecule has 3 N–H and O–H groups in total. The number of hydrogen-bond donors (Lipinski definition) is 2. The standard InChI is InChI=1S/C10H21N3O3S/c1-2-12-9(10(11)14)3-4-13-5-7-17(15,16)8-6-13/h9,12H,2-8H2,1H3,(H2,11,14). The molecule has 0 saturated carbocycles. The molecular formula is C10H21N3O3S. The second-order valence-electron chi connectivity index (χ2n) is 4.29. The SMILES string of the molecule is CCNC(CCN1CCS(=O)(=O)CC1)C(N)=O. The van der Waals surface area contributed by atoms with Gasteiger partial charge in [0.05, 0.1) is 17.5 Å². The van der Waals surface area contributed by atoms with E-state index in [-0.39, 0.29) is 23.5 Å². The molecule has 1 amide bonds. The topological polar surface area (TPSA) is 92.5 Å². The normalized spacial score (nSPS) is 22.2. The molecule has 1 fully saturated rings. The summed E-state index contributed by atoms with van der Waals surface area (Å²) in [6.45, 7) is 4.43. The number of amides is 1. The minimum Gasteiger partial charge on any atom is -0.368 e. The highest BCUT2D eigenvalue weighted by atomic mass is 32.2. The molecule has 17 heavy (non-hydrogen) atoms. The number of hydrogen-bond acceptors (Lipinski definition) is 5. The van der Waals surface area contributed by atoms with Gasteiger partial charge in [0.25, 0.3) is 0 Å². The molecule has 1 aliphatic rings. The molecule has 1 rings (SSSR count). The van der Waals surface area contributed by atoms with Crippen LogP contribution in [-0.2, 0) is 14.6 Å². The van der Waals surface area contributed by atoms with Crippen LogP contribution in [0.1, 0.15) is 13.3 Å². The number of nitrogens with one attached hydrogen (secondary N) is 1. The lowest BCUT2D eigenvalue weighted by Gasteiger charge is -2.27. The Kier molecular flexibility index (Phi) is 5.35. The number of carbonyl (C=O) groups is 1. The Morgan fingerprint density at radius 1 is 1.41 bits per heavy atom. The highest BCUT2D eigenvalue weighted by Crippen LogP contribution is 2.05. The zero-order chi connectivity index (χ0) is 12.9. The maximum Gasteiger partial charge on any atom is 0.234 e.